The lowest BCUT2D eigenvalue weighted by Crippen LogP contribution is -1.81. The highest BCUT2D eigenvalue weighted by atomic mass is 32.2. The van der Waals surface area contributed by atoms with Gasteiger partial charge in [0.1, 0.15) is 0 Å². The highest BCUT2D eigenvalue weighted by molar-refractivity contribution is 8.02. The van der Waals surface area contributed by atoms with Gasteiger partial charge in [0.2, 0.25) is 0 Å². The summed E-state index contributed by atoms with van der Waals surface area (Å²) in [5.74, 6) is 3.62. The Labute approximate surface area is 60.1 Å². The van der Waals surface area contributed by atoms with E-state index >= 15 is 0 Å². The van der Waals surface area contributed by atoms with Gasteiger partial charge in [0.15, 0.2) is 0 Å². The summed E-state index contributed by atoms with van der Waals surface area (Å²) in [5.41, 5.74) is 0. The monoisotopic (exact) mass is 148 g/mol. The molecule has 0 aliphatic rings. The summed E-state index contributed by atoms with van der Waals surface area (Å²) in [6.07, 6.45) is 4.08. The number of hydrogen-bond acceptors (Lipinski definition) is 2. The van der Waals surface area contributed by atoms with Gasteiger partial charge in [0.25, 0.3) is 0 Å². The Morgan fingerprint density at radius 1 is 1.50 bits per heavy atom. The summed E-state index contributed by atoms with van der Waals surface area (Å²) in [6, 6.07) is 0. The highest BCUT2D eigenvalue weighted by Crippen LogP contribution is 2.02. The van der Waals surface area contributed by atoms with Crippen LogP contribution in [0.25, 0.3) is 0 Å². The number of rotatable bonds is 5. The van der Waals surface area contributed by atoms with Crippen LogP contribution in [-0.2, 0) is 0 Å². The minimum absolute atomic E-state index is 1.10. The summed E-state index contributed by atoms with van der Waals surface area (Å²) >= 11 is 3.84. The summed E-state index contributed by atoms with van der Waals surface area (Å²) in [4.78, 5) is 0. The molecule has 0 aromatic carbocycles. The zero-order chi connectivity index (χ0) is 6.24. The van der Waals surface area contributed by atoms with Crippen LogP contribution in [0.4, 0.5) is 0 Å². The Morgan fingerprint density at radius 2 is 2.25 bits per heavy atom. The molecular weight excluding hydrogens is 136 g/mol. The van der Waals surface area contributed by atoms with E-state index in [1.807, 2.05) is 29.6 Å². The molecule has 0 radical (unpaired) electrons. The van der Waals surface area contributed by atoms with Gasteiger partial charge in [0, 0.05) is 17.3 Å². The van der Waals surface area contributed by atoms with Crippen molar-refractivity contribution in [3.8, 4) is 0 Å². The topological polar surface area (TPSA) is 0 Å². The molecule has 0 saturated carbocycles. The summed E-state index contributed by atoms with van der Waals surface area (Å²) in [5, 5.41) is 0. The van der Waals surface area contributed by atoms with Gasteiger partial charge in [-0.1, -0.05) is 6.08 Å². The SMILES string of the molecule is C=CCSCCSC. The maximum atomic E-state index is 3.63. The zero-order valence-electron chi connectivity index (χ0n) is 5.22. The van der Waals surface area contributed by atoms with Crippen LogP contribution in [0.1, 0.15) is 0 Å². The predicted molar refractivity (Wildman–Crippen MR) is 45.9 cm³/mol. The van der Waals surface area contributed by atoms with Crippen LogP contribution in [0.15, 0.2) is 12.7 Å². The van der Waals surface area contributed by atoms with Crippen molar-refractivity contribution in [1.29, 1.82) is 0 Å². The quantitative estimate of drug-likeness (QED) is 0.433. The van der Waals surface area contributed by atoms with Crippen molar-refractivity contribution in [2.75, 3.05) is 23.5 Å². The second-order valence-electron chi connectivity index (χ2n) is 1.36. The highest BCUT2D eigenvalue weighted by Gasteiger charge is 1.81. The van der Waals surface area contributed by atoms with Gasteiger partial charge in [0.05, 0.1) is 0 Å². The van der Waals surface area contributed by atoms with Gasteiger partial charge in [-0.05, 0) is 6.26 Å². The minimum Gasteiger partial charge on any atom is -0.165 e. The molecule has 0 N–H and O–H groups in total. The molecular formula is C6H12S2. The van der Waals surface area contributed by atoms with Gasteiger partial charge in [-0.2, -0.15) is 23.5 Å². The zero-order valence-corrected chi connectivity index (χ0v) is 6.86. The van der Waals surface area contributed by atoms with Gasteiger partial charge >= 0.3 is 0 Å². The fourth-order valence-electron chi connectivity index (χ4n) is 0.309. The van der Waals surface area contributed by atoms with Gasteiger partial charge in [-0.25, -0.2) is 0 Å². The van der Waals surface area contributed by atoms with Crippen LogP contribution in [-0.4, -0.2) is 23.5 Å². The van der Waals surface area contributed by atoms with Crippen molar-refractivity contribution in [2.45, 2.75) is 0 Å². The van der Waals surface area contributed by atoms with E-state index in [-0.39, 0.29) is 0 Å². The normalized spacial score (nSPS) is 9.12. The fourth-order valence-corrected chi connectivity index (χ4v) is 1.78. The molecule has 0 aliphatic carbocycles. The van der Waals surface area contributed by atoms with E-state index in [1.54, 1.807) is 0 Å². The van der Waals surface area contributed by atoms with Gasteiger partial charge in [-0.15, -0.1) is 6.58 Å². The average molecular weight is 148 g/mol. The molecule has 0 spiro atoms. The standard InChI is InChI=1S/C6H12S2/c1-3-4-8-6-5-7-2/h3H,1,4-6H2,2H3. The minimum atomic E-state index is 1.10. The van der Waals surface area contributed by atoms with E-state index in [2.05, 4.69) is 12.8 Å². The van der Waals surface area contributed by atoms with Crippen LogP contribution < -0.4 is 0 Å². The molecule has 2 heteroatoms. The molecule has 0 saturated heterocycles. The maximum absolute atomic E-state index is 3.63. The van der Waals surface area contributed by atoms with Crippen LogP contribution >= 0.6 is 23.5 Å². The lowest BCUT2D eigenvalue weighted by molar-refractivity contribution is 1.55. The molecule has 0 aliphatic heterocycles. The summed E-state index contributed by atoms with van der Waals surface area (Å²) in [6.45, 7) is 3.63. The van der Waals surface area contributed by atoms with Crippen LogP contribution in [0.2, 0.25) is 0 Å². The lowest BCUT2D eigenvalue weighted by atomic mass is 10.8. The maximum Gasteiger partial charge on any atom is 0.0111 e. The Kier molecular flexibility index (Phi) is 7.85. The van der Waals surface area contributed by atoms with Crippen molar-refractivity contribution >= 4 is 23.5 Å². The largest absolute Gasteiger partial charge is 0.165 e. The molecule has 0 aromatic rings. The van der Waals surface area contributed by atoms with E-state index in [1.165, 1.54) is 11.5 Å². The van der Waals surface area contributed by atoms with Crippen molar-refractivity contribution in [3.05, 3.63) is 12.7 Å². The van der Waals surface area contributed by atoms with Gasteiger partial charge < -0.3 is 0 Å². The molecule has 0 amide bonds. The molecule has 0 bridgehead atoms. The van der Waals surface area contributed by atoms with E-state index in [4.69, 9.17) is 0 Å². The Hall–Kier alpha value is 0.440. The molecule has 0 rings (SSSR count). The predicted octanol–water partition coefficient (Wildman–Crippen LogP) is 2.27. The smallest absolute Gasteiger partial charge is 0.0111 e. The third kappa shape index (κ3) is 6.44. The first-order valence-electron chi connectivity index (χ1n) is 2.59. The van der Waals surface area contributed by atoms with E-state index in [0.717, 1.165) is 5.75 Å². The number of hydrogen-bond donors (Lipinski definition) is 0. The van der Waals surface area contributed by atoms with Crippen molar-refractivity contribution in [3.63, 3.8) is 0 Å². The first kappa shape index (κ1) is 8.44. The van der Waals surface area contributed by atoms with E-state index < -0.39 is 0 Å². The molecule has 48 valence electrons. The molecule has 0 aromatic heterocycles. The van der Waals surface area contributed by atoms with Crippen LogP contribution in [0.3, 0.4) is 0 Å². The molecule has 0 fully saturated rings. The third-order valence-electron chi connectivity index (χ3n) is 0.667. The molecule has 8 heavy (non-hydrogen) atoms. The lowest BCUT2D eigenvalue weighted by Gasteiger charge is -1.92. The molecule has 0 atom stereocenters. The van der Waals surface area contributed by atoms with Crippen molar-refractivity contribution < 1.29 is 0 Å². The Balaban J connectivity index is 2.62. The van der Waals surface area contributed by atoms with E-state index in [9.17, 15) is 0 Å². The third-order valence-corrected chi connectivity index (χ3v) is 2.50. The molecule has 0 nitrogen and oxygen atoms in total. The van der Waals surface area contributed by atoms with Crippen LogP contribution in [0.5, 0.6) is 0 Å². The van der Waals surface area contributed by atoms with Crippen molar-refractivity contribution in [1.82, 2.24) is 0 Å². The second kappa shape index (κ2) is 7.44. The van der Waals surface area contributed by atoms with Gasteiger partial charge in [-0.3, -0.25) is 0 Å². The van der Waals surface area contributed by atoms with Crippen molar-refractivity contribution in [2.24, 2.45) is 0 Å². The van der Waals surface area contributed by atoms with Crippen LogP contribution in [0, 0.1) is 0 Å². The first-order chi connectivity index (χ1) is 3.91. The second-order valence-corrected chi connectivity index (χ2v) is 3.49. The molecule has 0 unspecified atom stereocenters. The summed E-state index contributed by atoms with van der Waals surface area (Å²) in [7, 11) is 0. The fraction of sp³-hybridized carbons (Fsp3) is 0.667. The van der Waals surface area contributed by atoms with E-state index in [0.29, 0.717) is 0 Å². The number of thioether (sulfide) groups is 2. The Morgan fingerprint density at radius 3 is 2.75 bits per heavy atom. The average Bonchev–Trinajstić information content (AvgIpc) is 1.81. The Bertz CT molecular complexity index is 52.5. The molecule has 0 heterocycles. The summed E-state index contributed by atoms with van der Waals surface area (Å²) < 4.78 is 0. The first-order valence-corrected chi connectivity index (χ1v) is 5.14.